The van der Waals surface area contributed by atoms with Gasteiger partial charge in [0.05, 0.1) is 16.2 Å². The predicted octanol–water partition coefficient (Wildman–Crippen LogP) is 3.62. The Kier molecular flexibility index (Phi) is 7.06. The number of amides is 1. The second kappa shape index (κ2) is 8.79. The van der Waals surface area contributed by atoms with Gasteiger partial charge in [-0.3, -0.25) is 14.9 Å². The minimum absolute atomic E-state index is 0.312. The van der Waals surface area contributed by atoms with Crippen LogP contribution in [0, 0.1) is 10.1 Å². The van der Waals surface area contributed by atoms with Gasteiger partial charge in [0.1, 0.15) is 0 Å². The van der Waals surface area contributed by atoms with Crippen LogP contribution in [0.1, 0.15) is 19.4 Å². The summed E-state index contributed by atoms with van der Waals surface area (Å²) < 4.78 is 43.9. The van der Waals surface area contributed by atoms with Crippen LogP contribution in [-0.4, -0.2) is 22.9 Å². The van der Waals surface area contributed by atoms with E-state index < -0.39 is 46.0 Å². The molecule has 0 bridgehead atoms. The molecular formula is C16H15F3N2O5. The number of anilines is 1. The van der Waals surface area contributed by atoms with E-state index in [1.165, 1.54) is 13.0 Å². The third kappa shape index (κ3) is 6.04. The third-order valence-electron chi connectivity index (χ3n) is 2.98. The lowest BCUT2D eigenvalue weighted by molar-refractivity contribution is -0.385. The number of alkyl halides is 3. The van der Waals surface area contributed by atoms with Crippen molar-refractivity contribution in [3.8, 4) is 0 Å². The average molecular weight is 372 g/mol. The molecule has 0 aliphatic heterocycles. The Bertz CT molecular complexity index is 757. The molecule has 1 rings (SSSR count). The number of hydrogen-bond donors (Lipinski definition) is 1. The maximum Gasteiger partial charge on any atom is 0.418 e. The normalized spacial score (nSPS) is 13.0. The van der Waals surface area contributed by atoms with E-state index in [9.17, 15) is 32.9 Å². The minimum atomic E-state index is -4.93. The molecule has 1 atom stereocenters. The molecule has 7 nitrogen and oxygen atoms in total. The van der Waals surface area contributed by atoms with Gasteiger partial charge in [0.15, 0.2) is 6.10 Å². The summed E-state index contributed by atoms with van der Waals surface area (Å²) in [4.78, 5) is 33.1. The number of benzene rings is 1. The van der Waals surface area contributed by atoms with Gasteiger partial charge in [-0.1, -0.05) is 18.2 Å². The third-order valence-corrected chi connectivity index (χ3v) is 2.98. The highest BCUT2D eigenvalue weighted by Crippen LogP contribution is 2.37. The van der Waals surface area contributed by atoms with Gasteiger partial charge in [-0.15, -0.1) is 0 Å². The minimum Gasteiger partial charge on any atom is -0.449 e. The van der Waals surface area contributed by atoms with Crippen molar-refractivity contribution in [3.05, 3.63) is 58.2 Å². The van der Waals surface area contributed by atoms with Gasteiger partial charge in [0.2, 0.25) is 0 Å². The van der Waals surface area contributed by atoms with Gasteiger partial charge in [-0.25, -0.2) is 4.79 Å². The molecule has 0 aliphatic rings. The zero-order valence-electron chi connectivity index (χ0n) is 13.7. The van der Waals surface area contributed by atoms with E-state index in [1.807, 2.05) is 5.32 Å². The van der Waals surface area contributed by atoms with Crippen molar-refractivity contribution >= 4 is 23.3 Å². The van der Waals surface area contributed by atoms with E-state index in [1.54, 1.807) is 19.1 Å². The van der Waals surface area contributed by atoms with Crippen molar-refractivity contribution in [2.24, 2.45) is 0 Å². The lowest BCUT2D eigenvalue weighted by Crippen LogP contribution is -2.30. The van der Waals surface area contributed by atoms with Crippen LogP contribution in [0.25, 0.3) is 0 Å². The van der Waals surface area contributed by atoms with Gasteiger partial charge in [-0.2, -0.15) is 13.2 Å². The summed E-state index contributed by atoms with van der Waals surface area (Å²) in [5.41, 5.74) is -2.84. The number of ether oxygens (including phenoxy) is 1. The molecular weight excluding hydrogens is 357 g/mol. The number of nitrogens with zero attached hydrogens (tertiary/aromatic N) is 1. The van der Waals surface area contributed by atoms with Crippen LogP contribution < -0.4 is 5.32 Å². The summed E-state index contributed by atoms with van der Waals surface area (Å²) in [6.07, 6.45) is -0.717. The Morgan fingerprint density at radius 1 is 1.31 bits per heavy atom. The number of non-ortho nitro benzene ring substituents is 1. The number of rotatable bonds is 6. The molecule has 1 amide bonds. The Hall–Kier alpha value is -3.17. The standard InChI is InChI=1S/C16H15F3N2O5/c1-3-4-5-6-14(22)26-10(2)15(23)20-13-8-7-11(21(24)25)9-12(13)16(17,18)19/h3-10H,1-2H3,(H,20,23)/b4-3+,6-5+/t10-/m0/s1. The average Bonchev–Trinajstić information content (AvgIpc) is 2.54. The lowest BCUT2D eigenvalue weighted by Gasteiger charge is -2.16. The van der Waals surface area contributed by atoms with Gasteiger partial charge < -0.3 is 10.1 Å². The number of nitro groups is 1. The Labute approximate surface area is 146 Å². The van der Waals surface area contributed by atoms with Gasteiger partial charge in [0.25, 0.3) is 11.6 Å². The Morgan fingerprint density at radius 2 is 1.96 bits per heavy atom. The maximum absolute atomic E-state index is 13.1. The van der Waals surface area contributed by atoms with Gasteiger partial charge >= 0.3 is 12.1 Å². The number of nitro benzene ring substituents is 1. The zero-order valence-corrected chi connectivity index (χ0v) is 13.7. The van der Waals surface area contributed by atoms with Crippen LogP contribution in [0.15, 0.2) is 42.5 Å². The number of hydrogen-bond acceptors (Lipinski definition) is 5. The summed E-state index contributed by atoms with van der Waals surface area (Å²) in [5, 5.41) is 12.6. The monoisotopic (exact) mass is 372 g/mol. The molecule has 0 saturated carbocycles. The smallest absolute Gasteiger partial charge is 0.418 e. The number of nitrogens with one attached hydrogen (secondary N) is 1. The highest BCUT2D eigenvalue weighted by Gasteiger charge is 2.36. The van der Waals surface area contributed by atoms with E-state index in [-0.39, 0.29) is 0 Å². The Morgan fingerprint density at radius 3 is 2.50 bits per heavy atom. The molecule has 0 fully saturated rings. The summed E-state index contributed by atoms with van der Waals surface area (Å²) >= 11 is 0. The van der Waals surface area contributed by atoms with Crippen LogP contribution in [0.3, 0.4) is 0 Å². The molecule has 0 aliphatic carbocycles. The molecule has 1 N–H and O–H groups in total. The molecule has 0 aromatic heterocycles. The summed E-state index contributed by atoms with van der Waals surface area (Å²) in [6.45, 7) is 2.89. The highest BCUT2D eigenvalue weighted by atomic mass is 19.4. The molecule has 1 aromatic rings. The van der Waals surface area contributed by atoms with Crippen LogP contribution in [0.4, 0.5) is 24.5 Å². The molecule has 140 valence electrons. The first-order valence-corrected chi connectivity index (χ1v) is 7.22. The zero-order chi connectivity index (χ0) is 19.9. The lowest BCUT2D eigenvalue weighted by atomic mass is 10.1. The van der Waals surface area contributed by atoms with Crippen LogP contribution >= 0.6 is 0 Å². The van der Waals surface area contributed by atoms with Gasteiger partial charge in [-0.05, 0) is 19.9 Å². The summed E-state index contributed by atoms with van der Waals surface area (Å²) in [5.74, 6) is -1.87. The molecule has 10 heteroatoms. The molecule has 0 unspecified atom stereocenters. The van der Waals surface area contributed by atoms with E-state index >= 15 is 0 Å². The predicted molar refractivity (Wildman–Crippen MR) is 86.2 cm³/mol. The number of carbonyl (C=O) groups is 2. The number of carbonyl (C=O) groups excluding carboxylic acids is 2. The summed E-state index contributed by atoms with van der Waals surface area (Å²) in [7, 11) is 0. The second-order valence-electron chi connectivity index (χ2n) is 4.94. The number of halogens is 3. The molecule has 0 saturated heterocycles. The fourth-order valence-corrected chi connectivity index (χ4v) is 1.74. The van der Waals surface area contributed by atoms with Crippen molar-refractivity contribution < 1.29 is 32.4 Å². The van der Waals surface area contributed by atoms with Crippen molar-refractivity contribution in [1.29, 1.82) is 0 Å². The fourth-order valence-electron chi connectivity index (χ4n) is 1.74. The van der Waals surface area contributed by atoms with Crippen molar-refractivity contribution in [1.82, 2.24) is 0 Å². The summed E-state index contributed by atoms with van der Waals surface area (Å²) in [6, 6.07) is 1.90. The van der Waals surface area contributed by atoms with Gasteiger partial charge in [0, 0.05) is 18.2 Å². The number of allylic oxidation sites excluding steroid dienone is 3. The topological polar surface area (TPSA) is 98.5 Å². The highest BCUT2D eigenvalue weighted by molar-refractivity contribution is 5.96. The molecule has 0 heterocycles. The molecule has 0 radical (unpaired) electrons. The molecule has 0 spiro atoms. The molecule has 1 aromatic carbocycles. The van der Waals surface area contributed by atoms with Crippen LogP contribution in [-0.2, 0) is 20.5 Å². The fraction of sp³-hybridized carbons (Fsp3) is 0.250. The van der Waals surface area contributed by atoms with E-state index in [2.05, 4.69) is 0 Å². The van der Waals surface area contributed by atoms with E-state index in [0.717, 1.165) is 18.2 Å². The van der Waals surface area contributed by atoms with E-state index in [0.29, 0.717) is 6.07 Å². The van der Waals surface area contributed by atoms with Crippen molar-refractivity contribution in [3.63, 3.8) is 0 Å². The van der Waals surface area contributed by atoms with E-state index in [4.69, 9.17) is 4.74 Å². The van der Waals surface area contributed by atoms with Crippen LogP contribution in [0.5, 0.6) is 0 Å². The Balaban J connectivity index is 2.95. The maximum atomic E-state index is 13.1. The van der Waals surface area contributed by atoms with Crippen molar-refractivity contribution in [2.75, 3.05) is 5.32 Å². The first-order chi connectivity index (χ1) is 12.1. The first-order valence-electron chi connectivity index (χ1n) is 7.22. The quantitative estimate of drug-likeness (QED) is 0.270. The van der Waals surface area contributed by atoms with Crippen molar-refractivity contribution in [2.45, 2.75) is 26.1 Å². The first kappa shape index (κ1) is 20.9. The van der Waals surface area contributed by atoms with Crippen LogP contribution in [0.2, 0.25) is 0 Å². The molecule has 26 heavy (non-hydrogen) atoms. The second-order valence-corrected chi connectivity index (χ2v) is 4.94. The largest absolute Gasteiger partial charge is 0.449 e. The number of esters is 1. The SMILES string of the molecule is C/C=C/C=C/C(=O)O[C@@H](C)C(=O)Nc1ccc([N+](=O)[O-])cc1C(F)(F)F.